The monoisotopic (exact) mass is 226 g/mol. The molecule has 1 amide bonds. The van der Waals surface area contributed by atoms with Crippen molar-refractivity contribution in [2.75, 3.05) is 39.4 Å². The third-order valence-corrected chi connectivity index (χ3v) is 3.72. The number of nitrogens with zero attached hydrogens (tertiary/aromatic N) is 1. The predicted octanol–water partition coefficient (Wildman–Crippen LogP) is 0.625. The Hall–Kier alpha value is -0.610. The molecular weight excluding hydrogens is 204 g/mol. The van der Waals surface area contributed by atoms with Gasteiger partial charge in [-0.3, -0.25) is 4.79 Å². The lowest BCUT2D eigenvalue weighted by Gasteiger charge is -2.35. The molecule has 0 aromatic heterocycles. The number of rotatable bonds is 3. The van der Waals surface area contributed by atoms with Crippen LogP contribution in [0.15, 0.2) is 0 Å². The normalized spacial score (nSPS) is 30.7. The second kappa shape index (κ2) is 5.15. The molecule has 0 saturated carbocycles. The van der Waals surface area contributed by atoms with E-state index in [4.69, 9.17) is 4.74 Å². The van der Waals surface area contributed by atoms with Crippen molar-refractivity contribution in [3.63, 3.8) is 0 Å². The number of morpholine rings is 1. The number of ether oxygens (including phenoxy) is 1. The Bertz CT molecular complexity index is 243. The zero-order chi connectivity index (χ0) is 11.4. The van der Waals surface area contributed by atoms with Crippen LogP contribution in [0, 0.1) is 5.41 Å². The molecule has 0 aromatic rings. The van der Waals surface area contributed by atoms with Gasteiger partial charge in [-0.25, -0.2) is 0 Å². The van der Waals surface area contributed by atoms with Crippen LogP contribution in [0.3, 0.4) is 0 Å². The van der Waals surface area contributed by atoms with Gasteiger partial charge in [0.1, 0.15) is 0 Å². The van der Waals surface area contributed by atoms with Gasteiger partial charge in [0, 0.05) is 19.6 Å². The first-order valence-electron chi connectivity index (χ1n) is 6.36. The van der Waals surface area contributed by atoms with E-state index in [1.807, 2.05) is 4.90 Å². The molecule has 0 bridgehead atoms. The fourth-order valence-corrected chi connectivity index (χ4v) is 2.83. The van der Waals surface area contributed by atoms with Gasteiger partial charge in [0.15, 0.2) is 0 Å². The highest BCUT2D eigenvalue weighted by molar-refractivity contribution is 5.83. The number of amides is 1. The van der Waals surface area contributed by atoms with Gasteiger partial charge in [-0.15, -0.1) is 0 Å². The van der Waals surface area contributed by atoms with Gasteiger partial charge in [0.25, 0.3) is 0 Å². The number of nitrogens with one attached hydrogen (secondary N) is 1. The lowest BCUT2D eigenvalue weighted by Crippen LogP contribution is -2.49. The lowest BCUT2D eigenvalue weighted by atomic mass is 9.81. The smallest absolute Gasteiger partial charge is 0.230 e. The average molecular weight is 226 g/mol. The highest BCUT2D eigenvalue weighted by Crippen LogP contribution is 2.33. The molecule has 1 N–H and O–H groups in total. The van der Waals surface area contributed by atoms with Gasteiger partial charge in [0.2, 0.25) is 5.91 Å². The Morgan fingerprint density at radius 1 is 1.44 bits per heavy atom. The maximum absolute atomic E-state index is 12.5. The number of carbonyl (C=O) groups is 1. The van der Waals surface area contributed by atoms with Crippen LogP contribution in [0.2, 0.25) is 0 Å². The van der Waals surface area contributed by atoms with Crippen molar-refractivity contribution >= 4 is 5.91 Å². The van der Waals surface area contributed by atoms with Crippen LogP contribution in [0.4, 0.5) is 0 Å². The molecule has 1 atom stereocenters. The Labute approximate surface area is 97.3 Å². The van der Waals surface area contributed by atoms with Crippen molar-refractivity contribution in [2.24, 2.45) is 5.41 Å². The van der Waals surface area contributed by atoms with Gasteiger partial charge >= 0.3 is 0 Å². The Kier molecular flexibility index (Phi) is 3.82. The average Bonchev–Trinajstić information content (AvgIpc) is 2.80. The number of carbonyl (C=O) groups excluding carboxylic acids is 1. The molecule has 0 radical (unpaired) electrons. The molecule has 0 spiro atoms. The summed E-state index contributed by atoms with van der Waals surface area (Å²) in [7, 11) is 0. The van der Waals surface area contributed by atoms with Crippen molar-refractivity contribution in [3.8, 4) is 0 Å². The van der Waals surface area contributed by atoms with Gasteiger partial charge in [-0.05, 0) is 19.4 Å². The fraction of sp³-hybridized carbons (Fsp3) is 0.917. The van der Waals surface area contributed by atoms with Crippen molar-refractivity contribution in [1.82, 2.24) is 10.2 Å². The maximum atomic E-state index is 12.5. The van der Waals surface area contributed by atoms with E-state index < -0.39 is 0 Å². The Balaban J connectivity index is 2.04. The molecule has 1 unspecified atom stereocenters. The van der Waals surface area contributed by atoms with Gasteiger partial charge < -0.3 is 15.0 Å². The van der Waals surface area contributed by atoms with E-state index in [-0.39, 0.29) is 5.41 Å². The second-order valence-corrected chi connectivity index (χ2v) is 4.86. The summed E-state index contributed by atoms with van der Waals surface area (Å²) in [6.45, 7) is 6.93. The van der Waals surface area contributed by atoms with E-state index in [2.05, 4.69) is 12.2 Å². The van der Waals surface area contributed by atoms with Crippen molar-refractivity contribution in [1.29, 1.82) is 0 Å². The first-order chi connectivity index (χ1) is 7.78. The SMILES string of the molecule is CCCC1(C(=O)N2CCOCC2)CCNC1. The van der Waals surface area contributed by atoms with Crippen molar-refractivity contribution < 1.29 is 9.53 Å². The maximum Gasteiger partial charge on any atom is 0.230 e. The highest BCUT2D eigenvalue weighted by Gasteiger charge is 2.42. The van der Waals surface area contributed by atoms with Crippen LogP contribution in [0.25, 0.3) is 0 Å². The van der Waals surface area contributed by atoms with Gasteiger partial charge in [-0.1, -0.05) is 13.3 Å². The highest BCUT2D eigenvalue weighted by atomic mass is 16.5. The third-order valence-electron chi connectivity index (χ3n) is 3.72. The van der Waals surface area contributed by atoms with E-state index in [1.165, 1.54) is 0 Å². The molecule has 16 heavy (non-hydrogen) atoms. The Morgan fingerprint density at radius 3 is 2.75 bits per heavy atom. The van der Waals surface area contributed by atoms with Crippen LogP contribution in [-0.4, -0.2) is 50.2 Å². The second-order valence-electron chi connectivity index (χ2n) is 4.86. The van der Waals surface area contributed by atoms with E-state index in [0.717, 1.165) is 45.4 Å². The van der Waals surface area contributed by atoms with Crippen LogP contribution in [0.5, 0.6) is 0 Å². The van der Waals surface area contributed by atoms with Gasteiger partial charge in [0.05, 0.1) is 18.6 Å². The summed E-state index contributed by atoms with van der Waals surface area (Å²) < 4.78 is 5.30. The molecule has 92 valence electrons. The van der Waals surface area contributed by atoms with E-state index in [9.17, 15) is 4.79 Å². The predicted molar refractivity (Wildman–Crippen MR) is 62.2 cm³/mol. The first kappa shape index (κ1) is 11.9. The summed E-state index contributed by atoms with van der Waals surface area (Å²) in [5.74, 6) is 0.350. The van der Waals surface area contributed by atoms with Crippen LogP contribution >= 0.6 is 0 Å². The van der Waals surface area contributed by atoms with Crippen LogP contribution < -0.4 is 5.32 Å². The fourth-order valence-electron chi connectivity index (χ4n) is 2.83. The molecule has 0 aromatic carbocycles. The van der Waals surface area contributed by atoms with Crippen molar-refractivity contribution in [2.45, 2.75) is 26.2 Å². The number of hydrogen-bond donors (Lipinski definition) is 1. The van der Waals surface area contributed by atoms with Crippen LogP contribution in [0.1, 0.15) is 26.2 Å². The minimum absolute atomic E-state index is 0.119. The van der Waals surface area contributed by atoms with Crippen LogP contribution in [-0.2, 0) is 9.53 Å². The first-order valence-corrected chi connectivity index (χ1v) is 6.36. The van der Waals surface area contributed by atoms with Gasteiger partial charge in [-0.2, -0.15) is 0 Å². The summed E-state index contributed by atoms with van der Waals surface area (Å²) in [5.41, 5.74) is -0.119. The quantitative estimate of drug-likeness (QED) is 0.767. The minimum Gasteiger partial charge on any atom is -0.378 e. The van der Waals surface area contributed by atoms with Crippen molar-refractivity contribution in [3.05, 3.63) is 0 Å². The Morgan fingerprint density at radius 2 is 2.19 bits per heavy atom. The topological polar surface area (TPSA) is 41.6 Å². The lowest BCUT2D eigenvalue weighted by molar-refractivity contribution is -0.145. The zero-order valence-corrected chi connectivity index (χ0v) is 10.1. The largest absolute Gasteiger partial charge is 0.378 e. The molecule has 2 aliphatic heterocycles. The zero-order valence-electron chi connectivity index (χ0n) is 10.1. The summed E-state index contributed by atoms with van der Waals surface area (Å²) >= 11 is 0. The standard InChI is InChI=1S/C12H22N2O2/c1-2-3-12(4-5-13-10-12)11(15)14-6-8-16-9-7-14/h13H,2-10H2,1H3. The summed E-state index contributed by atoms with van der Waals surface area (Å²) in [5, 5.41) is 3.34. The summed E-state index contributed by atoms with van der Waals surface area (Å²) in [6.07, 6.45) is 3.09. The molecule has 2 aliphatic rings. The molecule has 4 heteroatoms. The minimum atomic E-state index is -0.119. The molecular formula is C12H22N2O2. The summed E-state index contributed by atoms with van der Waals surface area (Å²) in [4.78, 5) is 14.5. The van der Waals surface area contributed by atoms with E-state index in [0.29, 0.717) is 19.1 Å². The summed E-state index contributed by atoms with van der Waals surface area (Å²) in [6, 6.07) is 0. The number of hydrogen-bond acceptors (Lipinski definition) is 3. The third kappa shape index (κ3) is 2.23. The molecule has 0 aliphatic carbocycles. The molecule has 2 saturated heterocycles. The van der Waals surface area contributed by atoms with E-state index in [1.54, 1.807) is 0 Å². The molecule has 4 nitrogen and oxygen atoms in total. The molecule has 2 heterocycles. The van der Waals surface area contributed by atoms with E-state index >= 15 is 0 Å². The molecule has 2 fully saturated rings. The molecule has 2 rings (SSSR count).